The standard InChI is InChI=1S/C12H15N5O2/c1-12(2,3)8-7-9(17-19-8)15-11(18)16-10-13-5-4-6-14-10/h4-7H,1-3H3,(H2,13,14,15,16,17,18). The molecule has 19 heavy (non-hydrogen) atoms. The Morgan fingerprint density at radius 1 is 1.21 bits per heavy atom. The minimum absolute atomic E-state index is 0.161. The van der Waals surface area contributed by atoms with Gasteiger partial charge in [0.2, 0.25) is 5.95 Å². The van der Waals surface area contributed by atoms with Crippen LogP contribution in [-0.2, 0) is 5.41 Å². The Morgan fingerprint density at radius 3 is 2.47 bits per heavy atom. The number of anilines is 2. The summed E-state index contributed by atoms with van der Waals surface area (Å²) >= 11 is 0. The summed E-state index contributed by atoms with van der Waals surface area (Å²) in [7, 11) is 0. The fourth-order valence-corrected chi connectivity index (χ4v) is 1.30. The first-order valence-electron chi connectivity index (χ1n) is 5.77. The van der Waals surface area contributed by atoms with Crippen LogP contribution in [0.2, 0.25) is 0 Å². The number of hydrogen-bond donors (Lipinski definition) is 2. The smallest absolute Gasteiger partial charge is 0.327 e. The topological polar surface area (TPSA) is 92.9 Å². The SMILES string of the molecule is CC(C)(C)c1cc(NC(=O)Nc2ncccn2)no1. The number of urea groups is 1. The van der Waals surface area contributed by atoms with E-state index in [4.69, 9.17) is 4.52 Å². The molecule has 0 fully saturated rings. The van der Waals surface area contributed by atoms with Crippen molar-refractivity contribution in [3.63, 3.8) is 0 Å². The number of nitrogens with zero attached hydrogens (tertiary/aromatic N) is 3. The summed E-state index contributed by atoms with van der Waals surface area (Å²) in [6.07, 6.45) is 3.08. The zero-order chi connectivity index (χ0) is 13.9. The summed E-state index contributed by atoms with van der Waals surface area (Å²) in [5, 5.41) is 8.81. The first kappa shape index (κ1) is 13.0. The lowest BCUT2D eigenvalue weighted by atomic mass is 9.93. The van der Waals surface area contributed by atoms with Crippen LogP contribution >= 0.6 is 0 Å². The van der Waals surface area contributed by atoms with Crippen LogP contribution in [0.3, 0.4) is 0 Å². The van der Waals surface area contributed by atoms with E-state index in [2.05, 4.69) is 25.8 Å². The van der Waals surface area contributed by atoms with E-state index in [1.807, 2.05) is 20.8 Å². The lowest BCUT2D eigenvalue weighted by Gasteiger charge is -2.12. The number of nitrogens with one attached hydrogen (secondary N) is 2. The average molecular weight is 261 g/mol. The summed E-state index contributed by atoms with van der Waals surface area (Å²) in [6, 6.07) is 2.88. The molecule has 0 aliphatic rings. The summed E-state index contributed by atoms with van der Waals surface area (Å²) < 4.78 is 5.16. The summed E-state index contributed by atoms with van der Waals surface area (Å²) in [5.74, 6) is 1.26. The van der Waals surface area contributed by atoms with Gasteiger partial charge in [-0.25, -0.2) is 14.8 Å². The van der Waals surface area contributed by atoms with Crippen molar-refractivity contribution >= 4 is 17.8 Å². The lowest BCUT2D eigenvalue weighted by molar-refractivity contribution is 0.261. The van der Waals surface area contributed by atoms with Gasteiger partial charge in [-0.05, 0) is 6.07 Å². The highest BCUT2D eigenvalue weighted by Crippen LogP contribution is 2.24. The molecule has 0 radical (unpaired) electrons. The first-order valence-corrected chi connectivity index (χ1v) is 5.77. The number of rotatable bonds is 2. The molecule has 0 bridgehead atoms. The number of hydrogen-bond acceptors (Lipinski definition) is 5. The van der Waals surface area contributed by atoms with Gasteiger partial charge < -0.3 is 4.52 Å². The zero-order valence-corrected chi connectivity index (χ0v) is 11.0. The molecule has 100 valence electrons. The molecule has 0 atom stereocenters. The fraction of sp³-hybridized carbons (Fsp3) is 0.333. The third-order valence-corrected chi connectivity index (χ3v) is 2.28. The normalized spacial score (nSPS) is 11.1. The highest BCUT2D eigenvalue weighted by molar-refractivity contribution is 5.97. The summed E-state index contributed by atoms with van der Waals surface area (Å²) in [4.78, 5) is 19.4. The minimum Gasteiger partial charge on any atom is -0.359 e. The summed E-state index contributed by atoms with van der Waals surface area (Å²) in [6.45, 7) is 5.99. The van der Waals surface area contributed by atoms with Crippen molar-refractivity contribution in [3.8, 4) is 0 Å². The molecule has 0 aromatic carbocycles. The second kappa shape index (κ2) is 5.05. The van der Waals surface area contributed by atoms with Gasteiger partial charge in [0.05, 0.1) is 0 Å². The van der Waals surface area contributed by atoms with Gasteiger partial charge >= 0.3 is 6.03 Å². The predicted octanol–water partition coefficient (Wildman–Crippen LogP) is 2.41. The Morgan fingerprint density at radius 2 is 1.89 bits per heavy atom. The van der Waals surface area contributed by atoms with E-state index in [0.29, 0.717) is 11.6 Å². The Balaban J connectivity index is 1.98. The van der Waals surface area contributed by atoms with Crippen LogP contribution in [-0.4, -0.2) is 21.2 Å². The molecular formula is C12H15N5O2. The quantitative estimate of drug-likeness (QED) is 0.865. The molecule has 2 N–H and O–H groups in total. The Kier molecular flexibility index (Phi) is 3.46. The number of carbonyl (C=O) groups is 1. The zero-order valence-electron chi connectivity index (χ0n) is 11.0. The maximum Gasteiger partial charge on any atom is 0.327 e. The number of carbonyl (C=O) groups excluding carboxylic acids is 1. The van der Waals surface area contributed by atoms with Crippen LogP contribution in [0.4, 0.5) is 16.6 Å². The van der Waals surface area contributed by atoms with E-state index < -0.39 is 6.03 Å². The highest BCUT2D eigenvalue weighted by atomic mass is 16.5. The molecule has 2 rings (SSSR count). The van der Waals surface area contributed by atoms with Crippen molar-refractivity contribution in [3.05, 3.63) is 30.3 Å². The second-order valence-corrected chi connectivity index (χ2v) is 4.98. The fourth-order valence-electron chi connectivity index (χ4n) is 1.30. The monoisotopic (exact) mass is 261 g/mol. The van der Waals surface area contributed by atoms with Crippen molar-refractivity contribution in [1.29, 1.82) is 0 Å². The van der Waals surface area contributed by atoms with E-state index in [9.17, 15) is 4.79 Å². The van der Waals surface area contributed by atoms with Gasteiger partial charge in [-0.3, -0.25) is 10.6 Å². The van der Waals surface area contributed by atoms with Crippen molar-refractivity contribution < 1.29 is 9.32 Å². The molecule has 0 aliphatic carbocycles. The number of aromatic nitrogens is 3. The molecule has 7 heteroatoms. The third-order valence-electron chi connectivity index (χ3n) is 2.28. The van der Waals surface area contributed by atoms with E-state index in [-0.39, 0.29) is 11.4 Å². The van der Waals surface area contributed by atoms with Crippen LogP contribution in [0.5, 0.6) is 0 Å². The molecule has 0 spiro atoms. The van der Waals surface area contributed by atoms with E-state index in [1.54, 1.807) is 12.1 Å². The van der Waals surface area contributed by atoms with Crippen molar-refractivity contribution in [2.24, 2.45) is 0 Å². The maximum absolute atomic E-state index is 11.7. The Hall–Kier alpha value is -2.44. The molecule has 2 amide bonds. The second-order valence-electron chi connectivity index (χ2n) is 4.98. The van der Waals surface area contributed by atoms with Gasteiger partial charge in [0.1, 0.15) is 5.76 Å². The molecule has 0 unspecified atom stereocenters. The van der Waals surface area contributed by atoms with Gasteiger partial charge in [0, 0.05) is 23.9 Å². The predicted molar refractivity (Wildman–Crippen MR) is 69.9 cm³/mol. The van der Waals surface area contributed by atoms with E-state index >= 15 is 0 Å². The largest absolute Gasteiger partial charge is 0.359 e. The van der Waals surface area contributed by atoms with Crippen LogP contribution in [0.25, 0.3) is 0 Å². The summed E-state index contributed by atoms with van der Waals surface area (Å²) in [5.41, 5.74) is -0.161. The molecule has 0 aliphatic heterocycles. The van der Waals surface area contributed by atoms with Crippen molar-refractivity contribution in [1.82, 2.24) is 15.1 Å². The Labute approximate surface area is 110 Å². The number of amides is 2. The molecule has 2 heterocycles. The molecule has 2 aromatic rings. The third kappa shape index (κ3) is 3.51. The van der Waals surface area contributed by atoms with Crippen LogP contribution < -0.4 is 10.6 Å². The maximum atomic E-state index is 11.7. The van der Waals surface area contributed by atoms with Gasteiger partial charge in [0.25, 0.3) is 0 Å². The molecule has 0 saturated heterocycles. The van der Waals surface area contributed by atoms with Crippen molar-refractivity contribution in [2.75, 3.05) is 10.6 Å². The average Bonchev–Trinajstić information content (AvgIpc) is 2.78. The van der Waals surface area contributed by atoms with E-state index in [1.165, 1.54) is 12.4 Å². The molecular weight excluding hydrogens is 246 g/mol. The first-order chi connectivity index (χ1) is 8.95. The van der Waals surface area contributed by atoms with Crippen LogP contribution in [0, 0.1) is 0 Å². The van der Waals surface area contributed by atoms with Gasteiger partial charge in [0.15, 0.2) is 5.82 Å². The highest BCUT2D eigenvalue weighted by Gasteiger charge is 2.20. The van der Waals surface area contributed by atoms with Gasteiger partial charge in [-0.1, -0.05) is 25.9 Å². The molecule has 7 nitrogen and oxygen atoms in total. The lowest BCUT2D eigenvalue weighted by Crippen LogP contribution is -2.20. The van der Waals surface area contributed by atoms with Gasteiger partial charge in [-0.15, -0.1) is 0 Å². The van der Waals surface area contributed by atoms with Gasteiger partial charge in [-0.2, -0.15) is 0 Å². The molecule has 2 aromatic heterocycles. The van der Waals surface area contributed by atoms with Crippen molar-refractivity contribution in [2.45, 2.75) is 26.2 Å². The van der Waals surface area contributed by atoms with Crippen LogP contribution in [0.15, 0.2) is 29.0 Å². The van der Waals surface area contributed by atoms with E-state index in [0.717, 1.165) is 0 Å². The minimum atomic E-state index is -0.472. The Bertz CT molecular complexity index is 559. The van der Waals surface area contributed by atoms with Crippen LogP contribution in [0.1, 0.15) is 26.5 Å². The molecule has 0 saturated carbocycles.